The second kappa shape index (κ2) is 3.79. The van der Waals surface area contributed by atoms with Crippen molar-refractivity contribution in [3.05, 3.63) is 30.1 Å². The molecule has 0 spiro atoms. The first-order valence-electron chi connectivity index (χ1n) is 4.73. The van der Waals surface area contributed by atoms with Gasteiger partial charge < -0.3 is 10.7 Å². The van der Waals surface area contributed by atoms with Crippen LogP contribution in [0.5, 0.6) is 0 Å². The van der Waals surface area contributed by atoms with Crippen LogP contribution in [0.2, 0.25) is 0 Å². The van der Waals surface area contributed by atoms with Crippen LogP contribution in [-0.4, -0.2) is 22.7 Å². The van der Waals surface area contributed by atoms with E-state index in [4.69, 9.17) is 5.73 Å². The molecule has 0 aliphatic rings. The average molecular weight is 229 g/mol. The summed E-state index contributed by atoms with van der Waals surface area (Å²) in [5.41, 5.74) is 5.78. The quantitative estimate of drug-likeness (QED) is 0.829. The third-order valence-corrected chi connectivity index (χ3v) is 2.49. The van der Waals surface area contributed by atoms with Crippen molar-refractivity contribution >= 4 is 11.0 Å². The first-order chi connectivity index (χ1) is 7.54. The van der Waals surface area contributed by atoms with E-state index in [0.717, 1.165) is 0 Å². The monoisotopic (exact) mass is 229 g/mol. The number of nitrogens with one attached hydrogen (secondary N) is 1. The van der Waals surface area contributed by atoms with Crippen LogP contribution in [0.25, 0.3) is 11.0 Å². The maximum absolute atomic E-state index is 12.7. The number of rotatable bonds is 2. The highest BCUT2D eigenvalue weighted by Gasteiger charge is 2.40. The van der Waals surface area contributed by atoms with Crippen LogP contribution < -0.4 is 5.73 Å². The number of hydrogen-bond acceptors (Lipinski definition) is 2. The molecule has 0 saturated heterocycles. The Morgan fingerprint density at radius 2 is 2.19 bits per heavy atom. The first kappa shape index (κ1) is 10.9. The number of aromatic amines is 1. The molecule has 1 atom stereocenters. The average Bonchev–Trinajstić information content (AvgIpc) is 2.61. The summed E-state index contributed by atoms with van der Waals surface area (Å²) in [5, 5.41) is 0.468. The molecule has 0 fully saturated rings. The normalized spacial score (nSPS) is 14.2. The zero-order chi connectivity index (χ0) is 11.8. The molecule has 0 bridgehead atoms. The van der Waals surface area contributed by atoms with E-state index < -0.39 is 18.6 Å². The summed E-state index contributed by atoms with van der Waals surface area (Å²) in [4.78, 5) is 6.65. The van der Waals surface area contributed by atoms with Crippen LogP contribution in [0.4, 0.5) is 13.2 Å². The molecule has 3 N–H and O–H groups in total. The van der Waals surface area contributed by atoms with Crippen molar-refractivity contribution in [3.8, 4) is 0 Å². The number of halogens is 3. The van der Waals surface area contributed by atoms with Crippen molar-refractivity contribution in [2.75, 3.05) is 6.54 Å². The molecule has 2 rings (SSSR count). The van der Waals surface area contributed by atoms with Crippen LogP contribution in [0.15, 0.2) is 24.5 Å². The molecule has 1 unspecified atom stereocenters. The third-order valence-electron chi connectivity index (χ3n) is 2.49. The van der Waals surface area contributed by atoms with E-state index in [1.807, 2.05) is 0 Å². The Morgan fingerprint density at radius 1 is 1.44 bits per heavy atom. The molecule has 0 radical (unpaired) electrons. The molecule has 0 saturated carbocycles. The van der Waals surface area contributed by atoms with Gasteiger partial charge in [-0.1, -0.05) is 0 Å². The Morgan fingerprint density at radius 3 is 2.81 bits per heavy atom. The van der Waals surface area contributed by atoms with Gasteiger partial charge in [-0.05, 0) is 17.7 Å². The molecule has 0 amide bonds. The van der Waals surface area contributed by atoms with Crippen LogP contribution in [0.3, 0.4) is 0 Å². The first-order valence-corrected chi connectivity index (χ1v) is 4.73. The van der Waals surface area contributed by atoms with E-state index in [1.54, 1.807) is 12.1 Å². The molecular formula is C10H10F3N3. The van der Waals surface area contributed by atoms with Crippen molar-refractivity contribution in [2.24, 2.45) is 5.73 Å². The molecule has 86 valence electrons. The molecule has 16 heavy (non-hydrogen) atoms. The lowest BCUT2D eigenvalue weighted by Gasteiger charge is -2.17. The van der Waals surface area contributed by atoms with Gasteiger partial charge in [-0.25, -0.2) is 4.98 Å². The molecule has 6 heteroatoms. The minimum absolute atomic E-state index is 0.151. The summed E-state index contributed by atoms with van der Waals surface area (Å²) in [6, 6.07) is 3.20. The zero-order valence-electron chi connectivity index (χ0n) is 8.25. The fourth-order valence-corrected chi connectivity index (χ4v) is 1.70. The van der Waals surface area contributed by atoms with Crippen molar-refractivity contribution in [1.29, 1.82) is 0 Å². The van der Waals surface area contributed by atoms with E-state index in [2.05, 4.69) is 9.97 Å². The van der Waals surface area contributed by atoms with Gasteiger partial charge in [0.25, 0.3) is 0 Å². The number of pyridine rings is 1. The number of fused-ring (bicyclic) bond motifs is 1. The Bertz CT molecular complexity index is 489. The van der Waals surface area contributed by atoms with Crippen molar-refractivity contribution < 1.29 is 13.2 Å². The van der Waals surface area contributed by atoms with E-state index in [-0.39, 0.29) is 5.56 Å². The van der Waals surface area contributed by atoms with Crippen molar-refractivity contribution in [3.63, 3.8) is 0 Å². The Kier molecular flexibility index (Phi) is 2.59. The number of aromatic nitrogens is 2. The maximum atomic E-state index is 12.7. The Hall–Kier alpha value is -1.56. The van der Waals surface area contributed by atoms with Gasteiger partial charge in [0.1, 0.15) is 5.65 Å². The van der Waals surface area contributed by atoms with E-state index in [9.17, 15) is 13.2 Å². The highest BCUT2D eigenvalue weighted by molar-refractivity contribution is 5.80. The van der Waals surface area contributed by atoms with Crippen LogP contribution in [-0.2, 0) is 0 Å². The number of hydrogen-bond donors (Lipinski definition) is 2. The zero-order valence-corrected chi connectivity index (χ0v) is 8.25. The van der Waals surface area contributed by atoms with Gasteiger partial charge in [-0.2, -0.15) is 13.2 Å². The summed E-state index contributed by atoms with van der Waals surface area (Å²) in [7, 11) is 0. The van der Waals surface area contributed by atoms with Crippen LogP contribution >= 0.6 is 0 Å². The summed E-state index contributed by atoms with van der Waals surface area (Å²) < 4.78 is 38.1. The minimum Gasteiger partial charge on any atom is -0.346 e. The molecule has 0 aromatic carbocycles. The molecule has 2 aromatic rings. The largest absolute Gasteiger partial charge is 0.397 e. The SMILES string of the molecule is NCC(c1c[nH]c2ncccc12)C(F)(F)F. The number of nitrogens with zero attached hydrogens (tertiary/aromatic N) is 1. The minimum atomic E-state index is -4.33. The molecular weight excluding hydrogens is 219 g/mol. The maximum Gasteiger partial charge on any atom is 0.397 e. The Labute approximate surface area is 89.5 Å². The van der Waals surface area contributed by atoms with E-state index in [1.165, 1.54) is 12.4 Å². The van der Waals surface area contributed by atoms with Gasteiger partial charge in [0.2, 0.25) is 0 Å². The fraction of sp³-hybridized carbons (Fsp3) is 0.300. The smallest absolute Gasteiger partial charge is 0.346 e. The van der Waals surface area contributed by atoms with Gasteiger partial charge in [0.15, 0.2) is 0 Å². The van der Waals surface area contributed by atoms with Gasteiger partial charge >= 0.3 is 6.18 Å². The second-order valence-electron chi connectivity index (χ2n) is 3.47. The summed E-state index contributed by atoms with van der Waals surface area (Å²) in [6.07, 6.45) is -1.49. The standard InChI is InChI=1S/C10H10F3N3/c11-10(12,13)8(4-14)7-5-16-9-6(7)2-1-3-15-9/h1-3,5,8H,4,14H2,(H,15,16). The molecule has 0 aliphatic carbocycles. The van der Waals surface area contributed by atoms with E-state index in [0.29, 0.717) is 11.0 Å². The molecule has 3 nitrogen and oxygen atoms in total. The van der Waals surface area contributed by atoms with Crippen molar-refractivity contribution in [2.45, 2.75) is 12.1 Å². The highest BCUT2D eigenvalue weighted by atomic mass is 19.4. The summed E-state index contributed by atoms with van der Waals surface area (Å²) >= 11 is 0. The Balaban J connectivity index is 2.54. The number of nitrogens with two attached hydrogens (primary N) is 1. The van der Waals surface area contributed by atoms with Gasteiger partial charge in [0.05, 0.1) is 5.92 Å². The number of H-pyrrole nitrogens is 1. The number of alkyl halides is 3. The highest BCUT2D eigenvalue weighted by Crippen LogP contribution is 2.36. The summed E-state index contributed by atoms with van der Waals surface area (Å²) in [5.74, 6) is -1.65. The van der Waals surface area contributed by atoms with Crippen molar-refractivity contribution in [1.82, 2.24) is 9.97 Å². The van der Waals surface area contributed by atoms with E-state index >= 15 is 0 Å². The fourth-order valence-electron chi connectivity index (χ4n) is 1.70. The predicted molar refractivity (Wildman–Crippen MR) is 53.9 cm³/mol. The third kappa shape index (κ3) is 1.76. The van der Waals surface area contributed by atoms with Crippen LogP contribution in [0, 0.1) is 0 Å². The topological polar surface area (TPSA) is 54.7 Å². The second-order valence-corrected chi connectivity index (χ2v) is 3.47. The lowest BCUT2D eigenvalue weighted by molar-refractivity contribution is -0.147. The molecule has 2 heterocycles. The lowest BCUT2D eigenvalue weighted by atomic mass is 9.99. The van der Waals surface area contributed by atoms with Gasteiger partial charge in [0, 0.05) is 24.3 Å². The predicted octanol–water partition coefficient (Wildman–Crippen LogP) is 2.17. The molecule has 2 aromatic heterocycles. The molecule has 0 aliphatic heterocycles. The van der Waals surface area contributed by atoms with Gasteiger partial charge in [-0.15, -0.1) is 0 Å². The summed E-state index contributed by atoms with van der Waals surface area (Å²) in [6.45, 7) is -0.467. The van der Waals surface area contributed by atoms with Crippen LogP contribution in [0.1, 0.15) is 11.5 Å². The van der Waals surface area contributed by atoms with Gasteiger partial charge in [-0.3, -0.25) is 0 Å². The lowest BCUT2D eigenvalue weighted by Crippen LogP contribution is -2.27.